The summed E-state index contributed by atoms with van der Waals surface area (Å²) in [6, 6.07) is 8.87. The van der Waals surface area contributed by atoms with E-state index in [0.717, 1.165) is 11.1 Å². The lowest BCUT2D eigenvalue weighted by Crippen LogP contribution is -2.14. The van der Waals surface area contributed by atoms with E-state index in [1.54, 1.807) is 30.7 Å². The number of hydrogen-bond donors (Lipinski definition) is 2. The lowest BCUT2D eigenvalue weighted by Gasteiger charge is -2.20. The van der Waals surface area contributed by atoms with Crippen molar-refractivity contribution in [3.05, 3.63) is 52.9 Å². The molecule has 0 aliphatic heterocycles. The van der Waals surface area contributed by atoms with Crippen molar-refractivity contribution in [3.63, 3.8) is 0 Å². The van der Waals surface area contributed by atoms with Crippen molar-refractivity contribution in [2.75, 3.05) is 6.54 Å². The summed E-state index contributed by atoms with van der Waals surface area (Å²) in [7, 11) is 0. The molecule has 0 saturated carbocycles. The van der Waals surface area contributed by atoms with Gasteiger partial charge >= 0.3 is 0 Å². The van der Waals surface area contributed by atoms with Crippen LogP contribution < -0.4 is 10.5 Å². The lowest BCUT2D eigenvalue weighted by molar-refractivity contribution is 0.198. The van der Waals surface area contributed by atoms with Crippen LogP contribution in [0.3, 0.4) is 0 Å². The molecule has 3 rings (SSSR count). The first-order valence-electron chi connectivity index (χ1n) is 7.07. The molecule has 1 aromatic carbocycles. The zero-order valence-corrected chi connectivity index (χ0v) is 12.9. The number of aromatic nitrogens is 3. The zero-order valence-electron chi connectivity index (χ0n) is 12.2. The number of hydrogen-bond acceptors (Lipinski definition) is 5. The third-order valence-electron chi connectivity index (χ3n) is 3.46. The number of fused-ring (bicyclic) bond motifs is 1. The molecule has 3 aromatic rings. The molecule has 0 fully saturated rings. The average molecular weight is 328 g/mol. The molecule has 7 heteroatoms. The number of H-pyrrole nitrogens is 1. The van der Waals surface area contributed by atoms with E-state index in [-0.39, 0.29) is 6.10 Å². The normalized spacial score (nSPS) is 12.0. The molecule has 0 bridgehead atoms. The van der Waals surface area contributed by atoms with Gasteiger partial charge in [-0.2, -0.15) is 5.26 Å². The van der Waals surface area contributed by atoms with Crippen molar-refractivity contribution < 1.29 is 4.74 Å². The second-order valence-corrected chi connectivity index (χ2v) is 5.37. The number of benzene rings is 1. The summed E-state index contributed by atoms with van der Waals surface area (Å²) in [4.78, 5) is 11.5. The largest absolute Gasteiger partial charge is 0.484 e. The quantitative estimate of drug-likeness (QED) is 0.750. The highest BCUT2D eigenvalue weighted by Crippen LogP contribution is 2.31. The van der Waals surface area contributed by atoms with Gasteiger partial charge in [-0.15, -0.1) is 0 Å². The lowest BCUT2D eigenvalue weighted by atomic mass is 10.1. The average Bonchev–Trinajstić information content (AvgIpc) is 3.03. The number of nitrogens with zero attached hydrogens (tertiary/aromatic N) is 3. The first-order chi connectivity index (χ1) is 11.2. The van der Waals surface area contributed by atoms with Gasteiger partial charge in [-0.1, -0.05) is 11.6 Å². The van der Waals surface area contributed by atoms with Gasteiger partial charge in [-0.25, -0.2) is 9.97 Å². The van der Waals surface area contributed by atoms with Gasteiger partial charge in [0, 0.05) is 29.3 Å². The Labute approximate surface area is 137 Å². The number of nitrogens with one attached hydrogen (secondary N) is 1. The van der Waals surface area contributed by atoms with E-state index in [0.29, 0.717) is 34.9 Å². The van der Waals surface area contributed by atoms with Gasteiger partial charge in [0.05, 0.1) is 11.9 Å². The van der Waals surface area contributed by atoms with Crippen LogP contribution in [0.4, 0.5) is 0 Å². The number of ether oxygens (including phenoxy) is 1. The molecule has 2 heterocycles. The molecule has 0 radical (unpaired) electrons. The Hall–Kier alpha value is -2.62. The summed E-state index contributed by atoms with van der Waals surface area (Å²) in [6.45, 7) is 0.432. The molecular weight excluding hydrogens is 314 g/mol. The van der Waals surface area contributed by atoms with Crippen LogP contribution in [-0.4, -0.2) is 21.5 Å². The second-order valence-electron chi connectivity index (χ2n) is 4.94. The molecule has 1 atom stereocenters. The number of aromatic amines is 1. The van der Waals surface area contributed by atoms with Crippen molar-refractivity contribution >= 4 is 22.8 Å². The number of rotatable bonds is 5. The molecule has 1 unspecified atom stereocenters. The monoisotopic (exact) mass is 327 g/mol. The molecule has 0 aliphatic carbocycles. The highest BCUT2D eigenvalue weighted by Gasteiger charge is 2.19. The van der Waals surface area contributed by atoms with Gasteiger partial charge in [0.2, 0.25) is 0 Å². The molecule has 2 aromatic heterocycles. The van der Waals surface area contributed by atoms with Gasteiger partial charge in [-0.05, 0) is 24.7 Å². The van der Waals surface area contributed by atoms with E-state index in [9.17, 15) is 5.26 Å². The SMILES string of the molecule is N#Cc1ccc(Cl)cc1OC(CCN)c1ccnc2[nH]cnc12. The molecule has 6 nitrogen and oxygen atoms in total. The Balaban J connectivity index is 2.02. The Morgan fingerprint density at radius 1 is 1.35 bits per heavy atom. The molecular formula is C16H14ClN5O. The first-order valence-corrected chi connectivity index (χ1v) is 7.45. The van der Waals surface area contributed by atoms with Crippen LogP contribution in [0.15, 0.2) is 36.8 Å². The van der Waals surface area contributed by atoms with Crippen LogP contribution >= 0.6 is 11.6 Å². The fourth-order valence-electron chi connectivity index (χ4n) is 2.40. The van der Waals surface area contributed by atoms with Crippen LogP contribution in [-0.2, 0) is 0 Å². The van der Waals surface area contributed by atoms with E-state index in [2.05, 4.69) is 21.0 Å². The second kappa shape index (κ2) is 6.65. The van der Waals surface area contributed by atoms with Crippen LogP contribution in [0, 0.1) is 11.3 Å². The predicted molar refractivity (Wildman–Crippen MR) is 87.1 cm³/mol. The molecule has 3 N–H and O–H groups in total. The molecule has 0 aliphatic rings. The number of nitriles is 1. The van der Waals surface area contributed by atoms with Gasteiger partial charge in [0.15, 0.2) is 5.65 Å². The fraction of sp³-hybridized carbons (Fsp3) is 0.188. The van der Waals surface area contributed by atoms with Crippen molar-refractivity contribution in [2.24, 2.45) is 5.73 Å². The molecule has 0 amide bonds. The Morgan fingerprint density at radius 3 is 3.00 bits per heavy atom. The standard InChI is InChI=1S/C16H14ClN5O/c17-11-2-1-10(8-19)14(7-11)23-13(3-5-18)12-4-6-20-16-15(12)21-9-22-16/h1-2,4,6-7,9,13H,3,5,18H2,(H,20,21,22). The minimum absolute atomic E-state index is 0.348. The Bertz CT molecular complexity index is 870. The van der Waals surface area contributed by atoms with E-state index in [1.165, 1.54) is 0 Å². The molecule has 0 spiro atoms. The predicted octanol–water partition coefficient (Wildman–Crippen LogP) is 2.95. The summed E-state index contributed by atoms with van der Waals surface area (Å²) < 4.78 is 6.05. The van der Waals surface area contributed by atoms with Crippen LogP contribution in [0.1, 0.15) is 23.7 Å². The third kappa shape index (κ3) is 3.11. The summed E-state index contributed by atoms with van der Waals surface area (Å²) in [5, 5.41) is 9.74. The minimum Gasteiger partial charge on any atom is -0.484 e. The third-order valence-corrected chi connectivity index (χ3v) is 3.69. The van der Waals surface area contributed by atoms with Gasteiger partial charge in [-0.3, -0.25) is 0 Å². The molecule has 116 valence electrons. The highest BCUT2D eigenvalue weighted by molar-refractivity contribution is 6.30. The summed E-state index contributed by atoms with van der Waals surface area (Å²) in [5.41, 5.74) is 8.42. The number of imidazole rings is 1. The molecule has 23 heavy (non-hydrogen) atoms. The van der Waals surface area contributed by atoms with Crippen molar-refractivity contribution in [1.29, 1.82) is 5.26 Å². The maximum atomic E-state index is 9.24. The highest BCUT2D eigenvalue weighted by atomic mass is 35.5. The first kappa shape index (κ1) is 15.3. The van der Waals surface area contributed by atoms with Gasteiger partial charge in [0.25, 0.3) is 0 Å². The number of halogens is 1. The minimum atomic E-state index is -0.348. The fourth-order valence-corrected chi connectivity index (χ4v) is 2.56. The summed E-state index contributed by atoms with van der Waals surface area (Å²) in [5.74, 6) is 0.430. The van der Waals surface area contributed by atoms with E-state index >= 15 is 0 Å². The maximum absolute atomic E-state index is 9.24. The zero-order chi connectivity index (χ0) is 16.2. The van der Waals surface area contributed by atoms with Crippen molar-refractivity contribution in [1.82, 2.24) is 15.0 Å². The summed E-state index contributed by atoms with van der Waals surface area (Å²) >= 11 is 6.02. The Morgan fingerprint density at radius 2 is 2.22 bits per heavy atom. The van der Waals surface area contributed by atoms with Crippen molar-refractivity contribution in [3.8, 4) is 11.8 Å². The smallest absolute Gasteiger partial charge is 0.157 e. The van der Waals surface area contributed by atoms with E-state index < -0.39 is 0 Å². The summed E-state index contributed by atoms with van der Waals surface area (Å²) in [6.07, 6.45) is 3.50. The van der Waals surface area contributed by atoms with E-state index in [4.69, 9.17) is 22.1 Å². The van der Waals surface area contributed by atoms with Crippen LogP contribution in [0.5, 0.6) is 5.75 Å². The van der Waals surface area contributed by atoms with Gasteiger partial charge < -0.3 is 15.5 Å². The molecule has 0 saturated heterocycles. The number of pyridine rings is 1. The topological polar surface area (TPSA) is 101 Å². The van der Waals surface area contributed by atoms with Crippen molar-refractivity contribution in [2.45, 2.75) is 12.5 Å². The maximum Gasteiger partial charge on any atom is 0.157 e. The van der Waals surface area contributed by atoms with Crippen LogP contribution in [0.2, 0.25) is 5.02 Å². The Kier molecular flexibility index (Phi) is 4.42. The van der Waals surface area contributed by atoms with Crippen LogP contribution in [0.25, 0.3) is 11.2 Å². The van der Waals surface area contributed by atoms with Gasteiger partial charge in [0.1, 0.15) is 23.4 Å². The number of nitrogens with two attached hydrogens (primary N) is 1. The van der Waals surface area contributed by atoms with E-state index in [1.807, 2.05) is 6.07 Å².